The van der Waals surface area contributed by atoms with Crippen LogP contribution in [-0.4, -0.2) is 31.8 Å². The molecular formula is C26H26ClF2N5O2. The number of aromatic nitrogens is 4. The predicted molar refractivity (Wildman–Crippen MR) is 134 cm³/mol. The minimum Gasteiger partial charge on any atom is -0.487 e. The van der Waals surface area contributed by atoms with Gasteiger partial charge in [0.25, 0.3) is 0 Å². The molecule has 0 radical (unpaired) electrons. The Morgan fingerprint density at radius 3 is 2.75 bits per heavy atom. The van der Waals surface area contributed by atoms with E-state index in [9.17, 15) is 13.6 Å². The van der Waals surface area contributed by atoms with Crippen molar-refractivity contribution < 1.29 is 19.7 Å². The number of halogens is 3. The summed E-state index contributed by atoms with van der Waals surface area (Å²) in [6.07, 6.45) is -0.332. The molecule has 0 saturated heterocycles. The first-order valence-corrected chi connectivity index (χ1v) is 11.7. The monoisotopic (exact) mass is 514 g/mol. The molecule has 4 rings (SSSR count). The van der Waals surface area contributed by atoms with Crippen molar-refractivity contribution in [1.82, 2.24) is 25.1 Å². The van der Waals surface area contributed by atoms with Crippen LogP contribution in [0.5, 0.6) is 5.75 Å². The molecule has 1 amide bonds. The van der Waals surface area contributed by atoms with Crippen LogP contribution in [0, 0.1) is 19.7 Å². The number of hydrogen-bond acceptors (Lipinski definition) is 5. The number of amides is 1. The van der Waals surface area contributed by atoms with E-state index in [2.05, 4.69) is 20.4 Å². The summed E-state index contributed by atoms with van der Waals surface area (Å²) < 4.78 is 44.1. The Morgan fingerprint density at radius 1 is 1.28 bits per heavy atom. The van der Waals surface area contributed by atoms with E-state index in [1.807, 2.05) is 32.0 Å². The van der Waals surface area contributed by atoms with E-state index >= 15 is 0 Å². The smallest absolute Gasteiger partial charge is 0.223 e. The SMILES string of the molecule is [2H][C@@](C)(NC(=O)CC(C)F)c1cc(F)cc(Cl)c1COc1cccc2c(-n3ncnc3C)cc(C)nc12. The van der Waals surface area contributed by atoms with E-state index < -0.39 is 30.3 Å². The summed E-state index contributed by atoms with van der Waals surface area (Å²) in [5.74, 6) is -0.205. The Morgan fingerprint density at radius 2 is 2.06 bits per heavy atom. The number of carbonyl (C=O) groups excluding carboxylic acids is 1. The number of pyridine rings is 1. The summed E-state index contributed by atoms with van der Waals surface area (Å²) in [6.45, 7) is 6.18. The van der Waals surface area contributed by atoms with Crippen molar-refractivity contribution in [2.75, 3.05) is 0 Å². The van der Waals surface area contributed by atoms with Gasteiger partial charge in [-0.2, -0.15) is 5.10 Å². The summed E-state index contributed by atoms with van der Waals surface area (Å²) in [5.41, 5.74) is 2.50. The van der Waals surface area contributed by atoms with Gasteiger partial charge >= 0.3 is 0 Å². The number of nitrogens with one attached hydrogen (secondary N) is 1. The Labute approximate surface area is 213 Å². The van der Waals surface area contributed by atoms with Crippen LogP contribution in [0.4, 0.5) is 8.78 Å². The molecule has 2 aromatic carbocycles. The Balaban J connectivity index is 1.71. The van der Waals surface area contributed by atoms with Gasteiger partial charge in [0, 0.05) is 16.6 Å². The van der Waals surface area contributed by atoms with Crippen molar-refractivity contribution in [3.05, 3.63) is 76.2 Å². The van der Waals surface area contributed by atoms with Gasteiger partial charge in [0.15, 0.2) is 0 Å². The first-order chi connectivity index (χ1) is 17.5. The average molecular weight is 515 g/mol. The maximum absolute atomic E-state index is 14.3. The largest absolute Gasteiger partial charge is 0.487 e. The molecule has 2 atom stereocenters. The third-order valence-electron chi connectivity index (χ3n) is 5.58. The molecule has 0 saturated carbocycles. The van der Waals surface area contributed by atoms with Gasteiger partial charge in [0.2, 0.25) is 5.91 Å². The molecular weight excluding hydrogens is 488 g/mol. The number of aryl methyl sites for hydroxylation is 2. The number of alkyl halides is 1. The van der Waals surface area contributed by atoms with Crippen LogP contribution >= 0.6 is 11.6 Å². The second-order valence-electron chi connectivity index (χ2n) is 8.51. The molecule has 0 spiro atoms. The summed E-state index contributed by atoms with van der Waals surface area (Å²) in [6, 6.07) is 7.79. The highest BCUT2D eigenvalue weighted by Crippen LogP contribution is 2.32. The van der Waals surface area contributed by atoms with Crippen molar-refractivity contribution >= 4 is 28.4 Å². The second-order valence-corrected chi connectivity index (χ2v) is 8.92. The van der Waals surface area contributed by atoms with Crippen LogP contribution in [0.15, 0.2) is 42.7 Å². The van der Waals surface area contributed by atoms with E-state index in [1.54, 1.807) is 10.7 Å². The van der Waals surface area contributed by atoms with Crippen molar-refractivity contribution in [2.45, 2.75) is 52.9 Å². The molecule has 0 aliphatic heterocycles. The minimum atomic E-state index is -1.79. The number of fused-ring (bicyclic) bond motifs is 1. The Hall–Kier alpha value is -3.59. The quantitative estimate of drug-likeness (QED) is 0.325. The van der Waals surface area contributed by atoms with E-state index in [1.165, 1.54) is 20.2 Å². The van der Waals surface area contributed by atoms with Gasteiger partial charge < -0.3 is 10.1 Å². The second kappa shape index (κ2) is 10.6. The molecule has 2 heterocycles. The van der Waals surface area contributed by atoms with Gasteiger partial charge in [-0.05, 0) is 57.5 Å². The van der Waals surface area contributed by atoms with E-state index in [0.29, 0.717) is 22.7 Å². The standard InChI is InChI=1S/C26H26ClF2N5O2/c1-14(28)8-25(35)33-16(3)20-10-18(29)11-22(27)21(20)12-36-24-7-5-6-19-23(9-15(2)32-26(19)24)34-17(4)30-13-31-34/h5-7,9-11,13-14,16H,8,12H2,1-4H3,(H,33,35)/t14?,16-/m0/s1/i16D. The van der Waals surface area contributed by atoms with Crippen LogP contribution in [0.25, 0.3) is 16.6 Å². The summed E-state index contributed by atoms with van der Waals surface area (Å²) >= 11 is 6.37. The van der Waals surface area contributed by atoms with Gasteiger partial charge in [-0.15, -0.1) is 0 Å². The van der Waals surface area contributed by atoms with E-state index in [-0.39, 0.29) is 17.2 Å². The highest BCUT2D eigenvalue weighted by Gasteiger charge is 2.20. The summed E-state index contributed by atoms with van der Waals surface area (Å²) in [7, 11) is 0. The average Bonchev–Trinajstić information content (AvgIpc) is 3.22. The molecule has 0 aliphatic rings. The zero-order valence-electron chi connectivity index (χ0n) is 21.3. The van der Waals surface area contributed by atoms with Crippen LogP contribution in [-0.2, 0) is 11.4 Å². The maximum atomic E-state index is 14.3. The zero-order valence-corrected chi connectivity index (χ0v) is 21.0. The van der Waals surface area contributed by atoms with Crippen molar-refractivity contribution in [1.29, 1.82) is 0 Å². The minimum absolute atomic E-state index is 0.0323. The van der Waals surface area contributed by atoms with Gasteiger partial charge in [-0.3, -0.25) is 4.79 Å². The van der Waals surface area contributed by atoms with E-state index in [4.69, 9.17) is 17.7 Å². The molecule has 0 bridgehead atoms. The number of nitrogens with zero attached hydrogens (tertiary/aromatic N) is 4. The highest BCUT2D eigenvalue weighted by atomic mass is 35.5. The molecule has 2 aromatic heterocycles. The first-order valence-electron chi connectivity index (χ1n) is 11.8. The summed E-state index contributed by atoms with van der Waals surface area (Å²) in [5, 5.41) is 7.56. The third kappa shape index (κ3) is 5.46. The maximum Gasteiger partial charge on any atom is 0.223 e. The predicted octanol–water partition coefficient (Wildman–Crippen LogP) is 5.73. The van der Waals surface area contributed by atoms with Crippen molar-refractivity contribution in [3.8, 4) is 11.4 Å². The van der Waals surface area contributed by atoms with Crippen molar-refractivity contribution in [3.63, 3.8) is 0 Å². The molecule has 1 unspecified atom stereocenters. The van der Waals surface area contributed by atoms with Gasteiger partial charge in [-0.25, -0.2) is 23.4 Å². The van der Waals surface area contributed by atoms with Crippen LogP contribution in [0.3, 0.4) is 0 Å². The van der Waals surface area contributed by atoms with Gasteiger partial charge in [0.05, 0.1) is 24.5 Å². The zero-order chi connectivity index (χ0) is 26.9. The lowest BCUT2D eigenvalue weighted by molar-refractivity contribution is -0.122. The Bertz CT molecular complexity index is 1480. The van der Waals surface area contributed by atoms with Crippen LogP contribution in [0.2, 0.25) is 5.02 Å². The normalized spacial score (nSPS) is 14.2. The fourth-order valence-corrected chi connectivity index (χ4v) is 4.23. The van der Waals surface area contributed by atoms with Crippen LogP contribution < -0.4 is 10.1 Å². The number of ether oxygens (including phenoxy) is 1. The van der Waals surface area contributed by atoms with Crippen molar-refractivity contribution in [2.24, 2.45) is 0 Å². The first kappa shape index (κ1) is 24.1. The van der Waals surface area contributed by atoms with Gasteiger partial charge in [-0.1, -0.05) is 23.7 Å². The number of para-hydroxylation sites is 1. The number of hydrogen-bond donors (Lipinski definition) is 1. The molecule has 188 valence electrons. The molecule has 0 aliphatic carbocycles. The number of rotatable bonds is 8. The molecule has 0 fully saturated rings. The molecule has 10 heteroatoms. The summed E-state index contributed by atoms with van der Waals surface area (Å²) in [4.78, 5) is 21.0. The fourth-order valence-electron chi connectivity index (χ4n) is 3.97. The number of benzene rings is 2. The highest BCUT2D eigenvalue weighted by molar-refractivity contribution is 6.31. The Kier molecular flexibility index (Phi) is 7.09. The van der Waals surface area contributed by atoms with E-state index in [0.717, 1.165) is 28.9 Å². The molecule has 4 aromatic rings. The third-order valence-corrected chi connectivity index (χ3v) is 5.92. The number of carbonyl (C=O) groups is 1. The lowest BCUT2D eigenvalue weighted by atomic mass is 10.0. The van der Waals surface area contributed by atoms with Gasteiger partial charge in [0.1, 0.15) is 42.0 Å². The molecule has 7 nitrogen and oxygen atoms in total. The lowest BCUT2D eigenvalue weighted by Gasteiger charge is -2.20. The molecule has 36 heavy (non-hydrogen) atoms. The topological polar surface area (TPSA) is 81.9 Å². The molecule has 1 N–H and O–H groups in total. The van der Waals surface area contributed by atoms with Crippen LogP contribution in [0.1, 0.15) is 50.3 Å². The lowest BCUT2D eigenvalue weighted by Crippen LogP contribution is -2.29. The fraction of sp³-hybridized carbons (Fsp3) is 0.308.